The quantitative estimate of drug-likeness (QED) is 0.759. The summed E-state index contributed by atoms with van der Waals surface area (Å²) in [6, 6.07) is 7.57. The summed E-state index contributed by atoms with van der Waals surface area (Å²) in [6.45, 7) is 9.86. The van der Waals surface area contributed by atoms with Gasteiger partial charge in [0.25, 0.3) is 0 Å². The molecule has 1 aliphatic heterocycles. The van der Waals surface area contributed by atoms with Crippen LogP contribution in [0.3, 0.4) is 0 Å². The molecule has 1 aromatic rings. The molecule has 1 saturated heterocycles. The third-order valence-corrected chi connectivity index (χ3v) is 3.20. The molecular weight excluding hydrogens is 222 g/mol. The van der Waals surface area contributed by atoms with Crippen LogP contribution in [0.4, 0.5) is 0 Å². The van der Waals surface area contributed by atoms with E-state index in [-0.39, 0.29) is 5.78 Å². The highest BCUT2D eigenvalue weighted by Gasteiger charge is 2.08. The Morgan fingerprint density at radius 1 is 1.17 bits per heavy atom. The molecule has 2 rings (SSSR count). The van der Waals surface area contributed by atoms with Crippen LogP contribution in [-0.2, 0) is 0 Å². The van der Waals surface area contributed by atoms with Crippen molar-refractivity contribution < 1.29 is 4.79 Å². The molecule has 0 unspecified atom stereocenters. The Kier molecular flexibility index (Phi) is 6.66. The number of aryl methyl sites for hydroxylation is 1. The Bertz CT molecular complexity index is 350. The summed E-state index contributed by atoms with van der Waals surface area (Å²) in [5, 5.41) is 0. The van der Waals surface area contributed by atoms with E-state index in [9.17, 15) is 4.79 Å². The van der Waals surface area contributed by atoms with Crippen molar-refractivity contribution in [3.05, 3.63) is 35.4 Å². The molecule has 1 heterocycles. The molecule has 0 bridgehead atoms. The Hall–Kier alpha value is -1.15. The number of nitrogens with zero attached hydrogens (tertiary/aromatic N) is 1. The molecule has 0 amide bonds. The van der Waals surface area contributed by atoms with Crippen LogP contribution in [0.1, 0.15) is 49.0 Å². The Labute approximate surface area is 111 Å². The smallest absolute Gasteiger partial charge is 0.159 e. The number of ketones is 1. The van der Waals surface area contributed by atoms with Gasteiger partial charge in [-0.15, -0.1) is 0 Å². The average molecular weight is 247 g/mol. The molecule has 0 saturated carbocycles. The lowest BCUT2D eigenvalue weighted by atomic mass is 10.1. The van der Waals surface area contributed by atoms with Gasteiger partial charge in [0.2, 0.25) is 0 Å². The molecule has 100 valence electrons. The summed E-state index contributed by atoms with van der Waals surface area (Å²) in [5.41, 5.74) is 1.97. The van der Waals surface area contributed by atoms with Crippen molar-refractivity contribution in [2.24, 2.45) is 0 Å². The van der Waals surface area contributed by atoms with Gasteiger partial charge in [0.1, 0.15) is 0 Å². The van der Waals surface area contributed by atoms with Crippen LogP contribution in [0.25, 0.3) is 0 Å². The van der Waals surface area contributed by atoms with Crippen LogP contribution < -0.4 is 0 Å². The summed E-state index contributed by atoms with van der Waals surface area (Å²) < 4.78 is 0. The van der Waals surface area contributed by atoms with Crippen molar-refractivity contribution in [2.75, 3.05) is 19.6 Å². The van der Waals surface area contributed by atoms with Crippen molar-refractivity contribution in [3.8, 4) is 0 Å². The van der Waals surface area contributed by atoms with Crippen LogP contribution in [0, 0.1) is 6.92 Å². The second-order valence-corrected chi connectivity index (χ2v) is 4.97. The normalized spacial score (nSPS) is 15.1. The molecule has 0 spiro atoms. The maximum absolute atomic E-state index is 10.8. The van der Waals surface area contributed by atoms with Gasteiger partial charge >= 0.3 is 0 Å². The van der Waals surface area contributed by atoms with Crippen molar-refractivity contribution >= 4 is 5.78 Å². The van der Waals surface area contributed by atoms with Gasteiger partial charge in [-0.2, -0.15) is 0 Å². The summed E-state index contributed by atoms with van der Waals surface area (Å²) >= 11 is 0. The number of benzene rings is 1. The standard InChI is InChI=1S/C9H10O.C7H15N/c1-7-3-5-9(6-4-7)8(2)10;1-2-5-8-6-3-4-7-8/h3-6H,1-2H3;2-7H2,1H3. The molecule has 1 aliphatic rings. The molecule has 1 fully saturated rings. The van der Waals surface area contributed by atoms with E-state index in [1.165, 1.54) is 44.5 Å². The lowest BCUT2D eigenvalue weighted by Crippen LogP contribution is -2.19. The SMILES string of the molecule is CC(=O)c1ccc(C)cc1.CCCN1CCCC1. The number of Topliss-reactive ketones (excluding diaryl/α,β-unsaturated/α-hetero) is 1. The van der Waals surface area contributed by atoms with Crippen LogP contribution in [0.15, 0.2) is 24.3 Å². The van der Waals surface area contributed by atoms with Crippen molar-refractivity contribution in [1.29, 1.82) is 0 Å². The zero-order valence-corrected chi connectivity index (χ0v) is 11.9. The number of carbonyl (C=O) groups excluding carboxylic acids is 1. The van der Waals surface area contributed by atoms with Crippen LogP contribution >= 0.6 is 0 Å². The number of hydrogen-bond donors (Lipinski definition) is 0. The van der Waals surface area contributed by atoms with E-state index in [1.807, 2.05) is 31.2 Å². The predicted molar refractivity (Wildman–Crippen MR) is 77.1 cm³/mol. The molecule has 0 N–H and O–H groups in total. The maximum atomic E-state index is 10.8. The molecule has 2 heteroatoms. The van der Waals surface area contributed by atoms with E-state index in [0.717, 1.165) is 5.56 Å². The first-order valence-electron chi connectivity index (χ1n) is 6.93. The minimum atomic E-state index is 0.125. The van der Waals surface area contributed by atoms with Gasteiger partial charge in [0.05, 0.1) is 0 Å². The van der Waals surface area contributed by atoms with Gasteiger partial charge in [-0.1, -0.05) is 36.8 Å². The largest absolute Gasteiger partial charge is 0.303 e. The maximum Gasteiger partial charge on any atom is 0.159 e. The third kappa shape index (κ3) is 5.46. The van der Waals surface area contributed by atoms with Gasteiger partial charge < -0.3 is 4.90 Å². The number of hydrogen-bond acceptors (Lipinski definition) is 2. The number of rotatable bonds is 3. The van der Waals surface area contributed by atoms with E-state index in [4.69, 9.17) is 0 Å². The summed E-state index contributed by atoms with van der Waals surface area (Å²) in [6.07, 6.45) is 4.18. The van der Waals surface area contributed by atoms with Crippen LogP contribution in [-0.4, -0.2) is 30.3 Å². The Morgan fingerprint density at radius 3 is 2.17 bits per heavy atom. The molecule has 0 atom stereocenters. The first-order valence-corrected chi connectivity index (χ1v) is 6.93. The monoisotopic (exact) mass is 247 g/mol. The number of likely N-dealkylation sites (tertiary alicyclic amines) is 1. The molecule has 2 nitrogen and oxygen atoms in total. The lowest BCUT2D eigenvalue weighted by molar-refractivity contribution is 0.101. The fourth-order valence-corrected chi connectivity index (χ4v) is 2.11. The molecule has 1 aromatic carbocycles. The first kappa shape index (κ1) is 14.9. The second-order valence-electron chi connectivity index (χ2n) is 4.97. The number of carbonyl (C=O) groups is 1. The van der Waals surface area contributed by atoms with Gasteiger partial charge in [-0.25, -0.2) is 0 Å². The summed E-state index contributed by atoms with van der Waals surface area (Å²) in [5.74, 6) is 0.125. The highest BCUT2D eigenvalue weighted by atomic mass is 16.1. The molecule has 18 heavy (non-hydrogen) atoms. The molecule has 0 aromatic heterocycles. The molecule has 0 radical (unpaired) electrons. The fraction of sp³-hybridized carbons (Fsp3) is 0.562. The van der Waals surface area contributed by atoms with Gasteiger partial charge in [0, 0.05) is 5.56 Å². The Morgan fingerprint density at radius 2 is 1.72 bits per heavy atom. The Balaban J connectivity index is 0.000000184. The highest BCUT2D eigenvalue weighted by Crippen LogP contribution is 2.06. The van der Waals surface area contributed by atoms with E-state index in [1.54, 1.807) is 6.92 Å². The molecular formula is C16H25NO. The van der Waals surface area contributed by atoms with E-state index in [0.29, 0.717) is 0 Å². The zero-order chi connectivity index (χ0) is 13.4. The van der Waals surface area contributed by atoms with Crippen LogP contribution in [0.2, 0.25) is 0 Å². The summed E-state index contributed by atoms with van der Waals surface area (Å²) in [7, 11) is 0. The predicted octanol–water partition coefficient (Wildman–Crippen LogP) is 3.69. The van der Waals surface area contributed by atoms with Gasteiger partial charge in [-0.3, -0.25) is 4.79 Å². The minimum absolute atomic E-state index is 0.125. The third-order valence-electron chi connectivity index (χ3n) is 3.20. The lowest BCUT2D eigenvalue weighted by Gasteiger charge is -2.11. The highest BCUT2D eigenvalue weighted by molar-refractivity contribution is 5.93. The minimum Gasteiger partial charge on any atom is -0.303 e. The van der Waals surface area contributed by atoms with Crippen molar-refractivity contribution in [2.45, 2.75) is 40.0 Å². The fourth-order valence-electron chi connectivity index (χ4n) is 2.11. The zero-order valence-electron chi connectivity index (χ0n) is 11.9. The van der Waals surface area contributed by atoms with E-state index >= 15 is 0 Å². The first-order chi connectivity index (χ1) is 8.63. The topological polar surface area (TPSA) is 20.3 Å². The van der Waals surface area contributed by atoms with Gasteiger partial charge in [0.15, 0.2) is 5.78 Å². The second kappa shape index (κ2) is 8.04. The van der Waals surface area contributed by atoms with Crippen molar-refractivity contribution in [3.63, 3.8) is 0 Å². The van der Waals surface area contributed by atoms with Gasteiger partial charge in [-0.05, 0) is 52.7 Å². The van der Waals surface area contributed by atoms with Crippen LogP contribution in [0.5, 0.6) is 0 Å². The van der Waals surface area contributed by atoms with E-state index < -0.39 is 0 Å². The average Bonchev–Trinajstić information content (AvgIpc) is 2.84. The summed E-state index contributed by atoms with van der Waals surface area (Å²) in [4.78, 5) is 13.3. The van der Waals surface area contributed by atoms with Crippen molar-refractivity contribution in [1.82, 2.24) is 4.90 Å². The van der Waals surface area contributed by atoms with E-state index in [2.05, 4.69) is 11.8 Å². The molecule has 0 aliphatic carbocycles.